The number of carboxylic acids is 1. The second kappa shape index (κ2) is 9.78. The van der Waals surface area contributed by atoms with Crippen molar-refractivity contribution < 1.29 is 30.4 Å². The molecule has 0 aromatic heterocycles. The summed E-state index contributed by atoms with van der Waals surface area (Å²) < 4.78 is 10.9. The third-order valence-corrected chi connectivity index (χ3v) is 7.02. The van der Waals surface area contributed by atoms with E-state index in [4.69, 9.17) is 26.2 Å². The zero-order valence-electron chi connectivity index (χ0n) is 20.1. The maximum Gasteiger partial charge on any atom is 0.310 e. The van der Waals surface area contributed by atoms with Crippen LogP contribution in [-0.2, 0) is 19.8 Å². The molecular weight excluding hydrogens is 496 g/mol. The molecule has 0 saturated heterocycles. The molecule has 9 heteroatoms. The SMILES string of the molecule is Cc1ccc(NC(=O)C2(c3ccc4c(c3)OCO4)CC2)cc1-c1ccc(NCC(=O)CC(=O)O)c(Cl)c1.[HH]. The first kappa shape index (κ1) is 24.6. The molecule has 8 nitrogen and oxygen atoms in total. The Balaban J connectivity index is 0.00000336. The van der Waals surface area contributed by atoms with E-state index >= 15 is 0 Å². The first-order valence-electron chi connectivity index (χ1n) is 11.8. The number of Topliss-reactive ketones (excluding diaryl/α,β-unsaturated/α-hetero) is 1. The Morgan fingerprint density at radius 1 is 1.03 bits per heavy atom. The van der Waals surface area contributed by atoms with Gasteiger partial charge in [0.25, 0.3) is 0 Å². The molecule has 3 N–H and O–H groups in total. The monoisotopic (exact) mass is 522 g/mol. The highest BCUT2D eigenvalue weighted by atomic mass is 35.5. The molecule has 0 unspecified atom stereocenters. The van der Waals surface area contributed by atoms with Gasteiger partial charge in [-0.2, -0.15) is 0 Å². The second-order valence-corrected chi connectivity index (χ2v) is 9.70. The molecule has 1 aliphatic carbocycles. The Hall–Kier alpha value is -4.04. The third-order valence-electron chi connectivity index (χ3n) is 6.71. The Kier molecular flexibility index (Phi) is 6.52. The van der Waals surface area contributed by atoms with Crippen LogP contribution in [0.25, 0.3) is 11.1 Å². The van der Waals surface area contributed by atoms with Gasteiger partial charge in [-0.1, -0.05) is 29.8 Å². The van der Waals surface area contributed by atoms with Crippen LogP contribution in [0.4, 0.5) is 11.4 Å². The van der Waals surface area contributed by atoms with Crippen LogP contribution in [0.3, 0.4) is 0 Å². The summed E-state index contributed by atoms with van der Waals surface area (Å²) in [6.07, 6.45) is 0.975. The number of fused-ring (bicyclic) bond motifs is 1. The molecule has 0 bridgehead atoms. The summed E-state index contributed by atoms with van der Waals surface area (Å²) in [6.45, 7) is 2.03. The summed E-state index contributed by atoms with van der Waals surface area (Å²) in [5.74, 6) is -0.324. The molecule has 192 valence electrons. The van der Waals surface area contributed by atoms with E-state index in [2.05, 4.69) is 10.6 Å². The average Bonchev–Trinajstić information content (AvgIpc) is 3.54. The van der Waals surface area contributed by atoms with Crippen LogP contribution in [0, 0.1) is 6.92 Å². The fraction of sp³-hybridized carbons (Fsp3) is 0.250. The minimum Gasteiger partial charge on any atom is -0.481 e. The predicted molar refractivity (Wildman–Crippen MR) is 142 cm³/mol. The molecule has 1 heterocycles. The van der Waals surface area contributed by atoms with Gasteiger partial charge in [0.1, 0.15) is 6.42 Å². The normalized spacial score (nSPS) is 14.6. The van der Waals surface area contributed by atoms with Crippen molar-refractivity contribution in [2.24, 2.45) is 0 Å². The minimum absolute atomic E-state index is 0. The summed E-state index contributed by atoms with van der Waals surface area (Å²) in [7, 11) is 0. The number of hydrogen-bond acceptors (Lipinski definition) is 6. The Bertz CT molecular complexity index is 1420. The van der Waals surface area contributed by atoms with Gasteiger partial charge >= 0.3 is 5.97 Å². The first-order chi connectivity index (χ1) is 17.7. The van der Waals surface area contributed by atoms with Gasteiger partial charge in [-0.15, -0.1) is 0 Å². The van der Waals surface area contributed by atoms with Crippen LogP contribution in [0.2, 0.25) is 5.02 Å². The molecule has 1 amide bonds. The van der Waals surface area contributed by atoms with Gasteiger partial charge in [0.05, 0.1) is 22.7 Å². The quantitative estimate of drug-likeness (QED) is 0.322. The van der Waals surface area contributed by atoms with E-state index in [9.17, 15) is 14.4 Å². The van der Waals surface area contributed by atoms with E-state index in [0.717, 1.165) is 35.1 Å². The first-order valence-corrected chi connectivity index (χ1v) is 12.2. The van der Waals surface area contributed by atoms with E-state index in [1.165, 1.54) is 0 Å². The molecule has 0 spiro atoms. The lowest BCUT2D eigenvalue weighted by Crippen LogP contribution is -2.27. The van der Waals surface area contributed by atoms with Crippen molar-refractivity contribution in [3.63, 3.8) is 0 Å². The number of benzene rings is 3. The van der Waals surface area contributed by atoms with E-state index in [1.807, 2.05) is 49.4 Å². The lowest BCUT2D eigenvalue weighted by Gasteiger charge is -2.18. The van der Waals surface area contributed by atoms with Crippen LogP contribution >= 0.6 is 11.6 Å². The van der Waals surface area contributed by atoms with Gasteiger partial charge in [-0.25, -0.2) is 0 Å². The van der Waals surface area contributed by atoms with Gasteiger partial charge in [-0.3, -0.25) is 14.4 Å². The summed E-state index contributed by atoms with van der Waals surface area (Å²) in [4.78, 5) is 35.7. The molecule has 3 aromatic rings. The molecule has 3 aromatic carbocycles. The van der Waals surface area contributed by atoms with Gasteiger partial charge < -0.3 is 25.2 Å². The average molecular weight is 523 g/mol. The fourth-order valence-electron chi connectivity index (χ4n) is 4.48. The number of anilines is 2. The number of hydrogen-bond donors (Lipinski definition) is 3. The van der Waals surface area contributed by atoms with E-state index in [1.54, 1.807) is 12.1 Å². The van der Waals surface area contributed by atoms with Crippen LogP contribution < -0.4 is 20.1 Å². The van der Waals surface area contributed by atoms with Crippen molar-refractivity contribution in [2.75, 3.05) is 24.0 Å². The summed E-state index contributed by atoms with van der Waals surface area (Å²) in [6, 6.07) is 16.8. The number of carbonyl (C=O) groups excluding carboxylic acids is 2. The predicted octanol–water partition coefficient (Wildman–Crippen LogP) is 5.42. The molecule has 37 heavy (non-hydrogen) atoms. The smallest absolute Gasteiger partial charge is 0.310 e. The number of ketones is 1. The Morgan fingerprint density at radius 2 is 1.81 bits per heavy atom. The maximum absolute atomic E-state index is 13.3. The van der Waals surface area contributed by atoms with Crippen LogP contribution in [0.1, 0.15) is 31.8 Å². The zero-order chi connectivity index (χ0) is 26.2. The number of amides is 1. The van der Waals surface area contributed by atoms with Gasteiger partial charge in [0, 0.05) is 7.11 Å². The number of nitrogens with one attached hydrogen (secondary N) is 2. The Morgan fingerprint density at radius 3 is 2.54 bits per heavy atom. The topological polar surface area (TPSA) is 114 Å². The highest BCUT2D eigenvalue weighted by Crippen LogP contribution is 2.51. The molecule has 0 radical (unpaired) electrons. The standard InChI is InChI=1S/C28H25ClN2O6.H2/c1-16-2-5-19(31-27(35)28(8-9-28)18-4-7-24-25(11-18)37-15-36-24)12-21(16)17-3-6-23(22(29)10-17)30-14-20(32)13-26(33)34;/h2-7,10-12,30H,8-9,13-15H2,1H3,(H,31,35)(H,33,34);1H. The largest absolute Gasteiger partial charge is 0.481 e. The number of carbonyl (C=O) groups is 3. The van der Waals surface area contributed by atoms with Crippen molar-refractivity contribution in [3.8, 4) is 22.6 Å². The van der Waals surface area contributed by atoms with E-state index in [0.29, 0.717) is 27.9 Å². The van der Waals surface area contributed by atoms with Gasteiger partial charge in [-0.05, 0) is 78.4 Å². The van der Waals surface area contributed by atoms with E-state index in [-0.39, 0.29) is 20.7 Å². The van der Waals surface area contributed by atoms with Crippen LogP contribution in [-0.4, -0.2) is 36.1 Å². The maximum atomic E-state index is 13.3. The van der Waals surface area contributed by atoms with E-state index < -0.39 is 23.6 Å². The molecule has 5 rings (SSSR count). The molecule has 1 saturated carbocycles. The molecular formula is C28H27ClN2O6. The van der Waals surface area contributed by atoms with Crippen molar-refractivity contribution in [3.05, 3.63) is 70.7 Å². The minimum atomic E-state index is -1.17. The van der Waals surface area contributed by atoms with Crippen molar-refractivity contribution in [1.29, 1.82) is 0 Å². The summed E-state index contributed by atoms with van der Waals surface area (Å²) in [5.41, 5.74) is 4.29. The van der Waals surface area contributed by atoms with Crippen LogP contribution in [0.5, 0.6) is 11.5 Å². The molecule has 2 aliphatic rings. The lowest BCUT2D eigenvalue weighted by atomic mass is 9.94. The van der Waals surface area contributed by atoms with Gasteiger partial charge in [0.2, 0.25) is 12.7 Å². The van der Waals surface area contributed by atoms with Gasteiger partial charge in [0.15, 0.2) is 17.3 Å². The summed E-state index contributed by atoms with van der Waals surface area (Å²) in [5, 5.41) is 15.1. The molecule has 0 atom stereocenters. The van der Waals surface area contributed by atoms with Crippen LogP contribution in [0.15, 0.2) is 54.6 Å². The third kappa shape index (κ3) is 5.11. The lowest BCUT2D eigenvalue weighted by molar-refractivity contribution is -0.139. The fourth-order valence-corrected chi connectivity index (χ4v) is 4.73. The Labute approximate surface area is 220 Å². The number of halogens is 1. The molecule has 1 fully saturated rings. The highest BCUT2D eigenvalue weighted by Gasteiger charge is 2.51. The number of aryl methyl sites for hydroxylation is 1. The zero-order valence-corrected chi connectivity index (χ0v) is 20.9. The number of aliphatic carboxylic acids is 1. The highest BCUT2D eigenvalue weighted by molar-refractivity contribution is 6.33. The molecule has 1 aliphatic heterocycles. The van der Waals surface area contributed by atoms with Crippen molar-refractivity contribution in [1.82, 2.24) is 0 Å². The number of ether oxygens (including phenoxy) is 2. The second-order valence-electron chi connectivity index (χ2n) is 9.29. The summed E-state index contributed by atoms with van der Waals surface area (Å²) >= 11 is 6.44. The number of rotatable bonds is 9. The van der Waals surface area contributed by atoms with Crippen molar-refractivity contribution in [2.45, 2.75) is 31.6 Å². The number of carboxylic acid groups (broad SMARTS) is 1. The van der Waals surface area contributed by atoms with Crippen molar-refractivity contribution >= 4 is 40.6 Å².